The maximum atomic E-state index is 15.4. The zero-order valence-electron chi connectivity index (χ0n) is 18.5. The summed E-state index contributed by atoms with van der Waals surface area (Å²) in [6, 6.07) is 5.23. The predicted octanol–water partition coefficient (Wildman–Crippen LogP) is 5.15. The summed E-state index contributed by atoms with van der Waals surface area (Å²) in [5, 5.41) is 3.95. The number of carbonyl (C=O) groups excluding carboxylic acids is 1. The summed E-state index contributed by atoms with van der Waals surface area (Å²) in [6.45, 7) is 7.65. The Morgan fingerprint density at radius 3 is 2.55 bits per heavy atom. The number of alkyl halides is 1. The third-order valence-corrected chi connectivity index (χ3v) is 7.81. The fraction of sp³-hybridized carbons (Fsp3) is 0.708. The molecular weight excluding hydrogens is 438 g/mol. The fourth-order valence-corrected chi connectivity index (χ4v) is 5.81. The predicted molar refractivity (Wildman–Crippen MR) is 123 cm³/mol. The first-order valence-electron chi connectivity index (χ1n) is 11.4. The van der Waals surface area contributed by atoms with Crippen LogP contribution in [-0.2, 0) is 14.9 Å². The third kappa shape index (κ3) is 5.38. The van der Waals surface area contributed by atoms with E-state index in [4.69, 9.17) is 27.9 Å². The molecule has 1 N–H and O–H groups in total. The minimum Gasteiger partial charge on any atom is -0.376 e. The van der Waals surface area contributed by atoms with Crippen LogP contribution in [-0.4, -0.2) is 54.9 Å². The van der Waals surface area contributed by atoms with Crippen molar-refractivity contribution >= 4 is 29.1 Å². The average molecular weight is 471 g/mol. The first kappa shape index (κ1) is 23.3. The molecule has 1 aromatic carbocycles. The number of likely N-dealkylation sites (tertiary alicyclic amines) is 1. The molecule has 1 aromatic rings. The van der Waals surface area contributed by atoms with Gasteiger partial charge in [-0.15, -0.1) is 0 Å². The Bertz CT molecular complexity index is 820. The molecule has 172 valence electrons. The van der Waals surface area contributed by atoms with Gasteiger partial charge in [0.15, 0.2) is 0 Å². The Morgan fingerprint density at radius 2 is 1.94 bits per heavy atom. The zero-order chi connectivity index (χ0) is 22.3. The molecule has 3 fully saturated rings. The summed E-state index contributed by atoms with van der Waals surface area (Å²) in [6.07, 6.45) is 4.49. The highest BCUT2D eigenvalue weighted by Gasteiger charge is 2.52. The second-order valence-corrected chi connectivity index (χ2v) is 11.2. The van der Waals surface area contributed by atoms with Crippen molar-refractivity contribution < 1.29 is 13.9 Å². The highest BCUT2D eigenvalue weighted by atomic mass is 35.5. The van der Waals surface area contributed by atoms with Crippen LogP contribution in [0, 0.1) is 5.92 Å². The van der Waals surface area contributed by atoms with E-state index in [1.165, 1.54) is 0 Å². The lowest BCUT2D eigenvalue weighted by atomic mass is 9.86. The molecule has 1 amide bonds. The molecule has 4 nitrogen and oxygen atoms in total. The maximum Gasteiger partial charge on any atom is 0.230 e. The molecule has 1 aliphatic carbocycles. The van der Waals surface area contributed by atoms with Gasteiger partial charge in [-0.25, -0.2) is 4.39 Å². The van der Waals surface area contributed by atoms with Gasteiger partial charge in [0, 0.05) is 36.3 Å². The van der Waals surface area contributed by atoms with Gasteiger partial charge in [0.2, 0.25) is 5.91 Å². The SMILES string of the molecule is CC1(C)CC(CN2CCC(F)(CNC(=O)C3(c4ccc(Cl)cc4Cl)CC3)CC2)CCO1. The van der Waals surface area contributed by atoms with Gasteiger partial charge >= 0.3 is 0 Å². The molecule has 31 heavy (non-hydrogen) atoms. The number of amides is 1. The lowest BCUT2D eigenvalue weighted by Crippen LogP contribution is -2.51. The smallest absolute Gasteiger partial charge is 0.230 e. The Balaban J connectivity index is 1.27. The maximum absolute atomic E-state index is 15.4. The quantitative estimate of drug-likeness (QED) is 0.624. The monoisotopic (exact) mass is 470 g/mol. The molecule has 0 bridgehead atoms. The van der Waals surface area contributed by atoms with Crippen molar-refractivity contribution in [2.24, 2.45) is 5.92 Å². The van der Waals surface area contributed by atoms with Gasteiger partial charge in [-0.05, 0) is 76.0 Å². The second-order valence-electron chi connectivity index (χ2n) is 10.3. The molecule has 0 aromatic heterocycles. The molecule has 4 rings (SSSR count). The van der Waals surface area contributed by atoms with E-state index in [1.807, 2.05) is 6.07 Å². The van der Waals surface area contributed by atoms with E-state index in [1.54, 1.807) is 12.1 Å². The van der Waals surface area contributed by atoms with Crippen LogP contribution < -0.4 is 5.32 Å². The zero-order valence-corrected chi connectivity index (χ0v) is 20.0. The standard InChI is InChI=1S/C24H33Cl2FN2O2/c1-22(2)14-17(5-12-31-22)15-29-10-8-23(27,9-11-29)16-28-21(30)24(6-7-24)19-4-3-18(25)13-20(19)26/h3-4,13,17H,5-12,14-16H2,1-2H3,(H,28,30). The van der Waals surface area contributed by atoms with Crippen LogP contribution in [0.25, 0.3) is 0 Å². The highest BCUT2D eigenvalue weighted by molar-refractivity contribution is 6.35. The van der Waals surface area contributed by atoms with E-state index in [9.17, 15) is 4.79 Å². The van der Waals surface area contributed by atoms with Gasteiger partial charge in [0.1, 0.15) is 5.67 Å². The molecule has 2 heterocycles. The number of nitrogens with zero attached hydrogens (tertiary/aromatic N) is 1. The summed E-state index contributed by atoms with van der Waals surface area (Å²) in [5.74, 6) is 0.482. The Morgan fingerprint density at radius 1 is 1.23 bits per heavy atom. The normalized spacial score (nSPS) is 26.9. The van der Waals surface area contributed by atoms with Crippen LogP contribution in [0.2, 0.25) is 10.0 Å². The van der Waals surface area contributed by atoms with Crippen LogP contribution in [0.15, 0.2) is 18.2 Å². The molecule has 2 saturated heterocycles. The second kappa shape index (κ2) is 8.81. The van der Waals surface area contributed by atoms with E-state index in [-0.39, 0.29) is 18.1 Å². The lowest BCUT2D eigenvalue weighted by Gasteiger charge is -2.41. The lowest BCUT2D eigenvalue weighted by molar-refractivity contribution is -0.124. The van der Waals surface area contributed by atoms with Crippen LogP contribution in [0.3, 0.4) is 0 Å². The number of halogens is 3. The molecule has 7 heteroatoms. The minimum atomic E-state index is -1.35. The summed E-state index contributed by atoms with van der Waals surface area (Å²) < 4.78 is 21.3. The fourth-order valence-electron chi connectivity index (χ4n) is 5.22. The molecule has 3 aliphatic rings. The third-order valence-electron chi connectivity index (χ3n) is 7.26. The summed E-state index contributed by atoms with van der Waals surface area (Å²) >= 11 is 12.3. The summed E-state index contributed by atoms with van der Waals surface area (Å²) in [4.78, 5) is 15.3. The topological polar surface area (TPSA) is 41.6 Å². The molecule has 0 radical (unpaired) electrons. The first-order chi connectivity index (χ1) is 14.6. The van der Waals surface area contributed by atoms with Gasteiger partial charge in [0.25, 0.3) is 0 Å². The minimum absolute atomic E-state index is 0.0570. The van der Waals surface area contributed by atoms with E-state index in [0.29, 0.717) is 28.8 Å². The number of benzene rings is 1. The summed E-state index contributed by atoms with van der Waals surface area (Å²) in [5.41, 5.74) is -1.24. The number of piperidine rings is 1. The van der Waals surface area contributed by atoms with Crippen molar-refractivity contribution in [1.82, 2.24) is 10.2 Å². The van der Waals surface area contributed by atoms with Crippen LogP contribution >= 0.6 is 23.2 Å². The van der Waals surface area contributed by atoms with Crippen LogP contribution in [0.5, 0.6) is 0 Å². The van der Waals surface area contributed by atoms with Crippen molar-refractivity contribution in [3.8, 4) is 0 Å². The van der Waals surface area contributed by atoms with Gasteiger partial charge in [0.05, 0.1) is 17.6 Å². The molecule has 1 unspecified atom stereocenters. The van der Waals surface area contributed by atoms with Crippen LogP contribution in [0.4, 0.5) is 4.39 Å². The van der Waals surface area contributed by atoms with Crippen molar-refractivity contribution in [2.75, 3.05) is 32.8 Å². The number of nitrogens with one attached hydrogen (secondary N) is 1. The Kier molecular flexibility index (Phi) is 6.62. The average Bonchev–Trinajstić information content (AvgIpc) is 3.49. The van der Waals surface area contributed by atoms with Gasteiger partial charge in [-0.3, -0.25) is 4.79 Å². The van der Waals surface area contributed by atoms with E-state index in [2.05, 4.69) is 24.1 Å². The van der Waals surface area contributed by atoms with E-state index < -0.39 is 11.1 Å². The molecule has 0 spiro atoms. The van der Waals surface area contributed by atoms with Gasteiger partial charge in [-0.2, -0.15) is 0 Å². The van der Waals surface area contributed by atoms with Crippen molar-refractivity contribution in [2.45, 2.75) is 69.1 Å². The molecule has 1 atom stereocenters. The van der Waals surface area contributed by atoms with Gasteiger partial charge in [-0.1, -0.05) is 29.3 Å². The van der Waals surface area contributed by atoms with E-state index in [0.717, 1.165) is 57.5 Å². The Hall–Kier alpha value is -0.880. The number of ether oxygens (including phenoxy) is 1. The van der Waals surface area contributed by atoms with Crippen molar-refractivity contribution in [3.05, 3.63) is 33.8 Å². The van der Waals surface area contributed by atoms with Gasteiger partial charge < -0.3 is 15.0 Å². The van der Waals surface area contributed by atoms with Crippen molar-refractivity contribution in [1.29, 1.82) is 0 Å². The number of rotatable bonds is 6. The highest BCUT2D eigenvalue weighted by Crippen LogP contribution is 2.51. The molecule has 2 aliphatic heterocycles. The largest absolute Gasteiger partial charge is 0.376 e. The van der Waals surface area contributed by atoms with Crippen molar-refractivity contribution in [3.63, 3.8) is 0 Å². The number of carbonyl (C=O) groups is 1. The van der Waals surface area contributed by atoms with E-state index >= 15 is 4.39 Å². The first-order valence-corrected chi connectivity index (χ1v) is 12.2. The molecule has 1 saturated carbocycles. The Labute approximate surface area is 194 Å². The molecular formula is C24H33Cl2FN2O2. The van der Waals surface area contributed by atoms with Crippen LogP contribution in [0.1, 0.15) is 57.9 Å². The number of hydrogen-bond donors (Lipinski definition) is 1. The summed E-state index contributed by atoms with van der Waals surface area (Å²) in [7, 11) is 0. The number of hydrogen-bond acceptors (Lipinski definition) is 3.